The van der Waals surface area contributed by atoms with Crippen LogP contribution in [0.4, 0.5) is 6.01 Å². The van der Waals surface area contributed by atoms with Crippen LogP contribution in [0.3, 0.4) is 0 Å². The molecule has 1 aromatic heterocycles. The number of benzene rings is 1. The normalized spacial score (nSPS) is 27.4. The van der Waals surface area contributed by atoms with E-state index in [0.29, 0.717) is 41.8 Å². The molecule has 7 nitrogen and oxygen atoms in total. The molecule has 1 N–H and O–H groups in total. The van der Waals surface area contributed by atoms with Crippen LogP contribution in [-0.4, -0.2) is 67.8 Å². The summed E-state index contributed by atoms with van der Waals surface area (Å²) in [5.74, 6) is 0.556. The number of para-hydroxylation sites is 1. The molecule has 1 atom stereocenters. The van der Waals surface area contributed by atoms with Gasteiger partial charge in [0.15, 0.2) is 5.58 Å². The first-order chi connectivity index (χ1) is 12.8. The lowest BCUT2D eigenvalue weighted by Gasteiger charge is -2.44. The van der Waals surface area contributed by atoms with Gasteiger partial charge in [0.1, 0.15) is 5.52 Å². The van der Waals surface area contributed by atoms with Crippen LogP contribution in [0, 0.1) is 5.92 Å². The van der Waals surface area contributed by atoms with E-state index in [9.17, 15) is 4.79 Å². The number of hydrogen-bond donors (Lipinski definition) is 1. The third-order valence-corrected chi connectivity index (χ3v) is 5.91. The molecule has 4 fully saturated rings. The Hall–Kier alpha value is -1.83. The number of morpholine rings is 1. The van der Waals surface area contributed by atoms with Crippen LogP contribution in [0.5, 0.6) is 0 Å². The number of nitrogens with zero attached hydrogens (tertiary/aromatic N) is 3. The zero-order valence-electron chi connectivity index (χ0n) is 15.2. The Morgan fingerprint density at radius 2 is 1.93 bits per heavy atom. The highest BCUT2D eigenvalue weighted by molar-refractivity contribution is 6.04. The van der Waals surface area contributed by atoms with Gasteiger partial charge >= 0.3 is 0 Å². The topological polar surface area (TPSA) is 70.8 Å². The maximum absolute atomic E-state index is 12.9. The number of aromatic nitrogens is 1. The fraction of sp³-hybridized carbons (Fsp3) is 0.579. The maximum atomic E-state index is 12.9. The number of halogens is 1. The summed E-state index contributed by atoms with van der Waals surface area (Å²) in [5, 5.41) is 3.25. The number of anilines is 1. The highest BCUT2D eigenvalue weighted by Crippen LogP contribution is 2.29. The van der Waals surface area contributed by atoms with Crippen LogP contribution in [0.1, 0.15) is 23.2 Å². The molecule has 2 bridgehead atoms. The summed E-state index contributed by atoms with van der Waals surface area (Å²) in [7, 11) is 0. The molecular formula is C19H25ClN4O3. The number of carbonyl (C=O) groups excluding carboxylic acids is 1. The Balaban J connectivity index is 0.00000180. The van der Waals surface area contributed by atoms with Gasteiger partial charge in [-0.25, -0.2) is 0 Å². The van der Waals surface area contributed by atoms with Gasteiger partial charge in [-0.3, -0.25) is 4.79 Å². The average molecular weight is 393 g/mol. The Morgan fingerprint density at radius 1 is 1.15 bits per heavy atom. The van der Waals surface area contributed by atoms with E-state index in [1.807, 2.05) is 18.2 Å². The highest BCUT2D eigenvalue weighted by atomic mass is 35.5. The first-order valence-electron chi connectivity index (χ1n) is 9.53. The van der Waals surface area contributed by atoms with Crippen LogP contribution in [0.2, 0.25) is 0 Å². The number of piperidine rings is 3. The molecule has 0 saturated carbocycles. The van der Waals surface area contributed by atoms with Crippen molar-refractivity contribution in [3.63, 3.8) is 0 Å². The van der Waals surface area contributed by atoms with Crippen LogP contribution >= 0.6 is 12.4 Å². The minimum atomic E-state index is -0.0452. The molecule has 5 heterocycles. The SMILES string of the molecule is Cl.O=C(NC1CN2CCC1CC2)c1cccc2oc(N3CCOCC3)nc12. The van der Waals surface area contributed by atoms with Gasteiger partial charge in [-0.05, 0) is 44.0 Å². The number of hydrogen-bond acceptors (Lipinski definition) is 6. The lowest BCUT2D eigenvalue weighted by molar-refractivity contribution is 0.0621. The number of fused-ring (bicyclic) bond motifs is 4. The maximum Gasteiger partial charge on any atom is 0.298 e. The van der Waals surface area contributed by atoms with Crippen molar-refractivity contribution in [3.05, 3.63) is 23.8 Å². The van der Waals surface area contributed by atoms with Crippen molar-refractivity contribution >= 4 is 35.4 Å². The van der Waals surface area contributed by atoms with Crippen molar-refractivity contribution in [2.75, 3.05) is 50.8 Å². The summed E-state index contributed by atoms with van der Waals surface area (Å²) >= 11 is 0. The number of nitrogens with one attached hydrogen (secondary N) is 1. The fourth-order valence-electron chi connectivity index (χ4n) is 4.38. The molecule has 1 unspecified atom stereocenters. The summed E-state index contributed by atoms with van der Waals surface area (Å²) in [4.78, 5) is 22.1. The lowest BCUT2D eigenvalue weighted by Crippen LogP contribution is -2.57. The average Bonchev–Trinajstić information content (AvgIpc) is 3.14. The molecule has 4 saturated heterocycles. The van der Waals surface area contributed by atoms with Crippen LogP contribution in [0.15, 0.2) is 22.6 Å². The van der Waals surface area contributed by atoms with Crippen molar-refractivity contribution in [1.82, 2.24) is 15.2 Å². The number of carbonyl (C=O) groups is 1. The second kappa shape index (κ2) is 7.66. The second-order valence-corrected chi connectivity index (χ2v) is 7.47. The summed E-state index contributed by atoms with van der Waals surface area (Å²) < 4.78 is 11.3. The Labute approximate surface area is 164 Å². The fourth-order valence-corrected chi connectivity index (χ4v) is 4.38. The molecule has 0 spiro atoms. The molecule has 0 radical (unpaired) electrons. The summed E-state index contributed by atoms with van der Waals surface area (Å²) in [5.41, 5.74) is 1.91. The molecular weight excluding hydrogens is 368 g/mol. The van der Waals surface area contributed by atoms with E-state index in [1.165, 1.54) is 25.9 Å². The predicted octanol–water partition coefficient (Wildman–Crippen LogP) is 1.91. The molecule has 4 aliphatic rings. The molecule has 27 heavy (non-hydrogen) atoms. The lowest BCUT2D eigenvalue weighted by atomic mass is 9.84. The molecule has 1 amide bonds. The van der Waals surface area contributed by atoms with Crippen molar-refractivity contribution in [2.24, 2.45) is 5.92 Å². The Kier molecular flexibility index (Phi) is 5.25. The summed E-state index contributed by atoms with van der Waals surface area (Å²) in [6.07, 6.45) is 2.36. The van der Waals surface area contributed by atoms with Gasteiger partial charge in [-0.2, -0.15) is 4.98 Å². The van der Waals surface area contributed by atoms with Gasteiger partial charge < -0.3 is 24.3 Å². The number of rotatable bonds is 3. The molecule has 2 aromatic rings. The first kappa shape index (κ1) is 18.5. The minimum absolute atomic E-state index is 0. The van der Waals surface area contributed by atoms with Crippen LogP contribution in [-0.2, 0) is 4.74 Å². The van der Waals surface area contributed by atoms with Gasteiger partial charge in [-0.15, -0.1) is 12.4 Å². The summed E-state index contributed by atoms with van der Waals surface area (Å²) in [6.45, 7) is 6.15. The van der Waals surface area contributed by atoms with E-state index >= 15 is 0 Å². The van der Waals surface area contributed by atoms with Gasteiger partial charge in [0, 0.05) is 25.7 Å². The van der Waals surface area contributed by atoms with E-state index < -0.39 is 0 Å². The summed E-state index contributed by atoms with van der Waals surface area (Å²) in [6, 6.07) is 6.39. The smallest absolute Gasteiger partial charge is 0.298 e. The monoisotopic (exact) mass is 392 g/mol. The highest BCUT2D eigenvalue weighted by Gasteiger charge is 2.35. The van der Waals surface area contributed by atoms with Crippen molar-refractivity contribution in [2.45, 2.75) is 18.9 Å². The Bertz CT molecular complexity index is 812. The van der Waals surface area contributed by atoms with E-state index in [1.54, 1.807) is 0 Å². The molecule has 146 valence electrons. The van der Waals surface area contributed by atoms with Crippen molar-refractivity contribution in [1.29, 1.82) is 0 Å². The van der Waals surface area contributed by atoms with Crippen LogP contribution < -0.4 is 10.2 Å². The molecule has 8 heteroatoms. The van der Waals surface area contributed by atoms with Crippen LogP contribution in [0.25, 0.3) is 11.1 Å². The van der Waals surface area contributed by atoms with Gasteiger partial charge in [-0.1, -0.05) is 6.07 Å². The third-order valence-electron chi connectivity index (χ3n) is 5.91. The van der Waals surface area contributed by atoms with E-state index in [2.05, 4.69) is 20.1 Å². The number of oxazole rings is 1. The third kappa shape index (κ3) is 3.51. The van der Waals surface area contributed by atoms with E-state index in [-0.39, 0.29) is 24.4 Å². The molecule has 0 aliphatic carbocycles. The predicted molar refractivity (Wildman–Crippen MR) is 105 cm³/mol. The van der Waals surface area contributed by atoms with Gasteiger partial charge in [0.05, 0.1) is 18.8 Å². The standard InChI is InChI=1S/C19H24N4O3.ClH/c24-18(20-15-12-22-6-4-13(15)5-7-22)14-2-1-3-16-17(14)21-19(26-16)23-8-10-25-11-9-23;/h1-3,13,15H,4-12H2,(H,20,24);1H. The molecule has 4 aliphatic heterocycles. The van der Waals surface area contributed by atoms with E-state index in [0.717, 1.165) is 19.6 Å². The Morgan fingerprint density at radius 3 is 2.63 bits per heavy atom. The van der Waals surface area contributed by atoms with Crippen molar-refractivity contribution in [3.8, 4) is 0 Å². The minimum Gasteiger partial charge on any atom is -0.423 e. The van der Waals surface area contributed by atoms with Gasteiger partial charge in [0.25, 0.3) is 11.9 Å². The van der Waals surface area contributed by atoms with Crippen molar-refractivity contribution < 1.29 is 13.9 Å². The zero-order valence-corrected chi connectivity index (χ0v) is 16.0. The zero-order chi connectivity index (χ0) is 17.5. The number of amides is 1. The van der Waals surface area contributed by atoms with E-state index in [4.69, 9.17) is 9.15 Å². The quantitative estimate of drug-likeness (QED) is 0.860. The molecule has 1 aromatic carbocycles. The second-order valence-electron chi connectivity index (χ2n) is 7.47. The van der Waals surface area contributed by atoms with Gasteiger partial charge in [0.2, 0.25) is 0 Å². The molecule has 6 rings (SSSR count). The largest absolute Gasteiger partial charge is 0.423 e. The number of ether oxygens (including phenoxy) is 1. The first-order valence-corrected chi connectivity index (χ1v) is 9.53.